The van der Waals surface area contributed by atoms with E-state index in [2.05, 4.69) is 21.0 Å². The Hall–Kier alpha value is -0.570. The van der Waals surface area contributed by atoms with Crippen molar-refractivity contribution in [3.05, 3.63) is 0 Å². The third kappa shape index (κ3) is 27.0. The van der Waals surface area contributed by atoms with Crippen LogP contribution in [-0.4, -0.2) is 44.2 Å². The van der Waals surface area contributed by atoms with Gasteiger partial charge in [0.2, 0.25) is 0 Å². The van der Waals surface area contributed by atoms with Gasteiger partial charge in [0.15, 0.2) is 0 Å². The molecule has 0 atom stereocenters. The second-order valence-electron chi connectivity index (χ2n) is 14.8. The van der Waals surface area contributed by atoms with Crippen molar-refractivity contribution in [2.45, 2.75) is 206 Å². The fourth-order valence-corrected chi connectivity index (χ4v) is 7.01. The molecule has 1 aliphatic rings. The maximum atomic E-state index is 12.1. The lowest BCUT2D eigenvalue weighted by Gasteiger charge is -2.29. The third-order valence-corrected chi connectivity index (χ3v) is 10.0. The van der Waals surface area contributed by atoms with Gasteiger partial charge in [0, 0.05) is 12.8 Å². The summed E-state index contributed by atoms with van der Waals surface area (Å²) in [7, 11) is 4.67. The number of esters is 1. The maximum Gasteiger partial charge on any atom is 0.305 e. The molecule has 0 saturated heterocycles. The van der Waals surface area contributed by atoms with Crippen LogP contribution in [0.2, 0.25) is 0 Å². The van der Waals surface area contributed by atoms with Crippen molar-refractivity contribution in [3.8, 4) is 0 Å². The molecular weight excluding hydrogens is 514 g/mol. The van der Waals surface area contributed by atoms with Crippen LogP contribution in [0.5, 0.6) is 0 Å². The minimum Gasteiger partial charge on any atom is -0.465 e. The van der Waals surface area contributed by atoms with Gasteiger partial charge >= 0.3 is 5.97 Å². The molecule has 250 valence electrons. The first kappa shape index (κ1) is 39.5. The molecule has 0 aromatic heterocycles. The minimum absolute atomic E-state index is 0.0184. The molecule has 1 rings (SSSR count). The van der Waals surface area contributed by atoms with Crippen molar-refractivity contribution in [2.75, 3.05) is 33.8 Å². The van der Waals surface area contributed by atoms with Crippen molar-refractivity contribution in [2.24, 2.45) is 5.92 Å². The van der Waals surface area contributed by atoms with Gasteiger partial charge in [-0.05, 0) is 25.2 Å². The predicted molar refractivity (Wildman–Crippen MR) is 185 cm³/mol. The van der Waals surface area contributed by atoms with Gasteiger partial charge in [0.1, 0.15) is 0 Å². The van der Waals surface area contributed by atoms with E-state index in [0.717, 1.165) is 29.8 Å². The summed E-state index contributed by atoms with van der Waals surface area (Å²) in [6.07, 6.45) is 42.3. The minimum atomic E-state index is 0.0184. The van der Waals surface area contributed by atoms with Crippen LogP contribution in [0.4, 0.5) is 0 Å². The van der Waals surface area contributed by atoms with Crippen molar-refractivity contribution in [1.82, 2.24) is 0 Å². The van der Waals surface area contributed by atoms with Gasteiger partial charge in [-0.2, -0.15) is 0 Å². The van der Waals surface area contributed by atoms with Crippen molar-refractivity contribution < 1.29 is 14.0 Å². The van der Waals surface area contributed by atoms with E-state index in [9.17, 15) is 4.79 Å². The molecule has 0 heterocycles. The summed E-state index contributed by atoms with van der Waals surface area (Å²) in [5, 5.41) is 0. The van der Waals surface area contributed by atoms with E-state index in [1.54, 1.807) is 0 Å². The van der Waals surface area contributed by atoms with E-state index in [-0.39, 0.29) is 5.97 Å². The Kier molecular flexibility index (Phi) is 27.4. The smallest absolute Gasteiger partial charge is 0.305 e. The fourth-order valence-electron chi connectivity index (χ4n) is 7.01. The highest BCUT2D eigenvalue weighted by atomic mass is 16.5. The Morgan fingerprint density at radius 2 is 0.952 bits per heavy atom. The Labute approximate surface area is 265 Å². The van der Waals surface area contributed by atoms with E-state index >= 15 is 0 Å². The molecule has 0 spiro atoms. The number of ether oxygens (including phenoxy) is 1. The number of hydrogen-bond donors (Lipinski definition) is 0. The van der Waals surface area contributed by atoms with Crippen molar-refractivity contribution in [3.63, 3.8) is 0 Å². The van der Waals surface area contributed by atoms with Crippen LogP contribution in [0.15, 0.2) is 0 Å². The number of carbonyl (C=O) groups is 1. The van der Waals surface area contributed by atoms with Gasteiger partial charge in [-0.3, -0.25) is 4.79 Å². The van der Waals surface area contributed by atoms with Crippen LogP contribution in [0.3, 0.4) is 0 Å². The zero-order valence-electron chi connectivity index (χ0n) is 29.4. The van der Waals surface area contributed by atoms with Crippen LogP contribution in [0.25, 0.3) is 0 Å². The standard InChI is InChI=1S/C39H78NO2/c1-4-5-6-7-8-9-10-11-12-15-18-21-24-29-35-40(2,3)36-30-37-42-39(41)34-26-23-20-17-14-13-16-19-22-25-31-38-32-27-28-33-38/h38H,4-37H2,1-3H3/q+1. The molecule has 0 radical (unpaired) electrons. The van der Waals surface area contributed by atoms with Gasteiger partial charge in [0.05, 0.1) is 33.8 Å². The van der Waals surface area contributed by atoms with Gasteiger partial charge in [-0.1, -0.05) is 174 Å². The Bertz CT molecular complexity index is 569. The van der Waals surface area contributed by atoms with E-state index < -0.39 is 0 Å². The molecule has 3 heteroatoms. The average molecular weight is 593 g/mol. The maximum absolute atomic E-state index is 12.1. The third-order valence-electron chi connectivity index (χ3n) is 10.0. The van der Waals surface area contributed by atoms with Gasteiger partial charge < -0.3 is 9.22 Å². The SMILES string of the molecule is CCCCCCCCCCCCCCCC[N+](C)(C)CCCOC(=O)CCCCCCCCCCCCC1CCCC1. The van der Waals surface area contributed by atoms with E-state index in [4.69, 9.17) is 4.74 Å². The zero-order valence-corrected chi connectivity index (χ0v) is 29.4. The quantitative estimate of drug-likeness (QED) is 0.0441. The average Bonchev–Trinajstić information content (AvgIpc) is 3.50. The molecule has 1 aliphatic carbocycles. The number of rotatable bonds is 32. The summed E-state index contributed by atoms with van der Waals surface area (Å²) in [6, 6.07) is 0. The summed E-state index contributed by atoms with van der Waals surface area (Å²) in [5.74, 6) is 1.09. The lowest BCUT2D eigenvalue weighted by molar-refractivity contribution is -0.890. The first-order valence-corrected chi connectivity index (χ1v) is 19.5. The highest BCUT2D eigenvalue weighted by Crippen LogP contribution is 2.29. The molecule has 1 fully saturated rings. The number of carbonyl (C=O) groups excluding carboxylic acids is 1. The first-order chi connectivity index (χ1) is 20.5. The summed E-state index contributed by atoms with van der Waals surface area (Å²) < 4.78 is 6.59. The van der Waals surface area contributed by atoms with Crippen molar-refractivity contribution >= 4 is 5.97 Å². The molecule has 1 saturated carbocycles. The van der Waals surface area contributed by atoms with Crippen LogP contribution in [0, 0.1) is 5.92 Å². The molecule has 0 aromatic rings. The number of nitrogens with zero attached hydrogens (tertiary/aromatic N) is 1. The molecule has 0 amide bonds. The highest BCUT2D eigenvalue weighted by Gasteiger charge is 2.15. The first-order valence-electron chi connectivity index (χ1n) is 19.5. The second kappa shape index (κ2) is 29.2. The molecule has 0 aliphatic heterocycles. The lowest BCUT2D eigenvalue weighted by atomic mass is 9.99. The van der Waals surface area contributed by atoms with Crippen LogP contribution in [0.1, 0.15) is 206 Å². The summed E-state index contributed by atoms with van der Waals surface area (Å²) >= 11 is 0. The van der Waals surface area contributed by atoms with E-state index in [1.165, 1.54) is 186 Å². The Morgan fingerprint density at radius 1 is 0.548 bits per heavy atom. The topological polar surface area (TPSA) is 26.3 Å². The van der Waals surface area contributed by atoms with Crippen LogP contribution in [-0.2, 0) is 9.53 Å². The Morgan fingerprint density at radius 3 is 1.45 bits per heavy atom. The van der Waals surface area contributed by atoms with E-state index in [1.807, 2.05) is 0 Å². The molecule has 0 unspecified atom stereocenters. The van der Waals surface area contributed by atoms with Crippen LogP contribution < -0.4 is 0 Å². The van der Waals surface area contributed by atoms with E-state index in [0.29, 0.717) is 13.0 Å². The lowest BCUT2D eigenvalue weighted by Crippen LogP contribution is -2.41. The molecule has 0 aromatic carbocycles. The Balaban J connectivity index is 1.78. The largest absolute Gasteiger partial charge is 0.465 e. The molecule has 0 bridgehead atoms. The molecule has 3 nitrogen and oxygen atoms in total. The predicted octanol–water partition coefficient (Wildman–Crippen LogP) is 12.3. The zero-order chi connectivity index (χ0) is 30.4. The summed E-state index contributed by atoms with van der Waals surface area (Å²) in [6.45, 7) is 5.24. The normalized spacial score (nSPS) is 14.2. The monoisotopic (exact) mass is 593 g/mol. The van der Waals surface area contributed by atoms with Crippen LogP contribution >= 0.6 is 0 Å². The van der Waals surface area contributed by atoms with Gasteiger partial charge in [-0.25, -0.2) is 0 Å². The van der Waals surface area contributed by atoms with Crippen molar-refractivity contribution in [1.29, 1.82) is 0 Å². The number of unbranched alkanes of at least 4 members (excludes halogenated alkanes) is 22. The van der Waals surface area contributed by atoms with Gasteiger partial charge in [-0.15, -0.1) is 0 Å². The van der Waals surface area contributed by atoms with Gasteiger partial charge in [0.25, 0.3) is 0 Å². The molecule has 42 heavy (non-hydrogen) atoms. The number of quaternary nitrogens is 1. The summed E-state index contributed by atoms with van der Waals surface area (Å²) in [4.78, 5) is 12.1. The summed E-state index contributed by atoms with van der Waals surface area (Å²) in [5.41, 5.74) is 0. The fraction of sp³-hybridized carbons (Fsp3) is 0.974. The highest BCUT2D eigenvalue weighted by molar-refractivity contribution is 5.69. The second-order valence-corrected chi connectivity index (χ2v) is 14.8. The number of hydrogen-bond acceptors (Lipinski definition) is 2. The molecule has 0 N–H and O–H groups in total. The molecular formula is C39H78NO2+.